The van der Waals surface area contributed by atoms with Gasteiger partial charge in [-0.3, -0.25) is 9.35 Å². The topological polar surface area (TPSA) is 140 Å². The van der Waals surface area contributed by atoms with Crippen LogP contribution in [-0.2, 0) is 10.1 Å². The van der Waals surface area contributed by atoms with Crippen molar-refractivity contribution >= 4 is 67.1 Å². The maximum absolute atomic E-state index is 13.4. The Hall–Kier alpha value is -2.70. The van der Waals surface area contributed by atoms with E-state index in [4.69, 9.17) is 27.9 Å². The predicted octanol–water partition coefficient (Wildman–Crippen LogP) is 3.46. The number of ether oxygens (including phenoxy) is 1. The van der Waals surface area contributed by atoms with Crippen LogP contribution in [0.25, 0.3) is 10.8 Å². The zero-order valence-electron chi connectivity index (χ0n) is 20.3. The average molecular weight is 582 g/mol. The quantitative estimate of drug-likeness (QED) is 0.203. The van der Waals surface area contributed by atoms with Crippen molar-refractivity contribution in [3.8, 4) is 11.5 Å². The minimum Gasteiger partial charge on any atom is -0.870 e. The third-order valence-electron chi connectivity index (χ3n) is 5.44. The first kappa shape index (κ1) is 29.9. The van der Waals surface area contributed by atoms with Gasteiger partial charge in [0.05, 0.1) is 28.5 Å². The van der Waals surface area contributed by atoms with Gasteiger partial charge in [-0.05, 0) is 42.1 Å². The second kappa shape index (κ2) is 12.0. The molecule has 9 nitrogen and oxygen atoms in total. The summed E-state index contributed by atoms with van der Waals surface area (Å²) in [5.41, 5.74) is -0.119. The number of halogens is 2. The Labute approximate surface area is 250 Å². The maximum atomic E-state index is 13.4. The summed E-state index contributed by atoms with van der Waals surface area (Å²) in [5, 5.41) is 24.9. The van der Waals surface area contributed by atoms with Gasteiger partial charge in [0.25, 0.3) is 16.0 Å². The minimum atomic E-state index is -4.70. The van der Waals surface area contributed by atoms with Gasteiger partial charge in [0.1, 0.15) is 16.3 Å². The molecule has 0 spiro atoms. The number of methoxy groups -OCH3 is 1. The first-order chi connectivity index (χ1) is 17.5. The molecule has 0 bridgehead atoms. The summed E-state index contributed by atoms with van der Waals surface area (Å²) in [5.74, 6) is -1.08. The summed E-state index contributed by atoms with van der Waals surface area (Å²) in [4.78, 5) is 12.5. The van der Waals surface area contributed by atoms with Crippen molar-refractivity contribution in [2.45, 2.75) is 11.8 Å². The van der Waals surface area contributed by atoms with Gasteiger partial charge in [-0.1, -0.05) is 59.3 Å². The molecule has 0 atom stereocenters. The van der Waals surface area contributed by atoms with E-state index < -0.39 is 26.7 Å². The molecule has 0 fully saturated rings. The molecule has 0 unspecified atom stereocenters. The monoisotopic (exact) mass is 581 g/mol. The first-order valence-electron chi connectivity index (χ1n) is 10.6. The van der Waals surface area contributed by atoms with E-state index in [0.29, 0.717) is 22.1 Å². The van der Waals surface area contributed by atoms with Crippen molar-refractivity contribution in [1.82, 2.24) is 0 Å². The first-order valence-corrected chi connectivity index (χ1v) is 12.8. The van der Waals surface area contributed by atoms with Crippen LogP contribution in [0.5, 0.6) is 11.5 Å². The number of fused-ring (bicyclic) bond motifs is 1. The third-order valence-corrected chi connectivity index (χ3v) is 7.13. The number of aryl methyl sites for hydroxylation is 1. The molecule has 38 heavy (non-hydrogen) atoms. The number of carbonyl (C=O) groups is 1. The van der Waals surface area contributed by atoms with Crippen molar-refractivity contribution in [3.05, 3.63) is 81.8 Å². The number of rotatable bonds is 6. The number of amides is 1. The molecule has 0 heterocycles. The van der Waals surface area contributed by atoms with Crippen molar-refractivity contribution in [1.29, 1.82) is 0 Å². The van der Waals surface area contributed by atoms with Crippen LogP contribution in [0.2, 0.25) is 10.0 Å². The molecule has 1 amide bonds. The fraction of sp³-hybridized carbons (Fsp3) is 0.0800. The van der Waals surface area contributed by atoms with Gasteiger partial charge in [0, 0.05) is 17.0 Å². The second-order valence-corrected chi connectivity index (χ2v) is 10.0. The van der Waals surface area contributed by atoms with Crippen molar-refractivity contribution < 1.29 is 57.2 Å². The molecule has 0 radical (unpaired) electrons. The van der Waals surface area contributed by atoms with E-state index in [1.165, 1.54) is 31.4 Å². The standard InChI is InChI=1S/C25H19Cl2N3O6S.Na/c1-13-7-10-20(37(33,34)35)23(21(13)27)30-29-22-16-6-4-3-5-14(16)11-17(24(22)31)25(32)28-19-12-15(36-2)8-9-18(19)26;/h3-12,31H,1-2H3,(H,28,32)(H,33,34,35);/q;+1/p-1. The number of anilines is 1. The van der Waals surface area contributed by atoms with Crippen LogP contribution in [0.4, 0.5) is 17.1 Å². The number of azo groups is 1. The van der Waals surface area contributed by atoms with E-state index in [1.807, 2.05) is 0 Å². The number of hydrogen-bond acceptors (Lipinski definition) is 7. The van der Waals surface area contributed by atoms with Gasteiger partial charge in [-0.15, -0.1) is 5.11 Å². The fourth-order valence-corrected chi connectivity index (χ4v) is 4.59. The molecule has 13 heteroatoms. The Balaban J connectivity index is 0.00000400. The Morgan fingerprint density at radius 3 is 2.39 bits per heavy atom. The normalized spacial score (nSPS) is 11.4. The van der Waals surface area contributed by atoms with Crippen LogP contribution in [0, 0.1) is 6.92 Å². The maximum Gasteiger partial charge on any atom is 1.00 e. The van der Waals surface area contributed by atoms with E-state index in [9.17, 15) is 22.9 Å². The number of carbonyl (C=O) groups excluding carboxylic acids is 1. The number of hydrogen-bond donors (Lipinski definition) is 2. The minimum absolute atomic E-state index is 0. The summed E-state index contributed by atoms with van der Waals surface area (Å²) < 4.78 is 38.5. The van der Waals surface area contributed by atoms with E-state index in [1.54, 1.807) is 37.3 Å². The van der Waals surface area contributed by atoms with Gasteiger partial charge in [-0.25, -0.2) is 0 Å². The van der Waals surface area contributed by atoms with Crippen LogP contribution < -0.4 is 44.7 Å². The molecule has 4 aromatic rings. The van der Waals surface area contributed by atoms with Crippen LogP contribution in [0.15, 0.2) is 75.8 Å². The Kier molecular flexibility index (Phi) is 9.43. The molecular weight excluding hydrogens is 564 g/mol. The largest absolute Gasteiger partial charge is 1.00 e. The molecular formula is C25H18Cl2N3NaO6S. The SMILES string of the molecule is COc1ccc(Cl)c(NC(=O)c2cc3ccccc3c(N=Nc3c(S(=O)(=O)O)ccc(C)c3Cl)c2[O-])c1.[Na+]. The van der Waals surface area contributed by atoms with Crippen LogP contribution in [0.1, 0.15) is 15.9 Å². The van der Waals surface area contributed by atoms with E-state index >= 15 is 0 Å². The molecule has 0 aliphatic carbocycles. The molecule has 2 N–H and O–H groups in total. The Bertz CT molecular complexity index is 1700. The van der Waals surface area contributed by atoms with Gasteiger partial charge >= 0.3 is 29.6 Å². The Morgan fingerprint density at radius 2 is 1.71 bits per heavy atom. The molecule has 0 aliphatic heterocycles. The molecule has 0 aromatic heterocycles. The summed E-state index contributed by atoms with van der Waals surface area (Å²) in [7, 11) is -3.24. The van der Waals surface area contributed by atoms with E-state index in [2.05, 4.69) is 15.5 Å². The van der Waals surface area contributed by atoms with Crippen molar-refractivity contribution in [2.24, 2.45) is 10.2 Å². The van der Waals surface area contributed by atoms with Crippen molar-refractivity contribution in [3.63, 3.8) is 0 Å². The average Bonchev–Trinajstić information content (AvgIpc) is 2.86. The van der Waals surface area contributed by atoms with Crippen LogP contribution >= 0.6 is 23.2 Å². The number of nitrogens with one attached hydrogen (secondary N) is 1. The predicted molar refractivity (Wildman–Crippen MR) is 140 cm³/mol. The second-order valence-electron chi connectivity index (χ2n) is 7.84. The summed E-state index contributed by atoms with van der Waals surface area (Å²) in [6.07, 6.45) is 0. The molecule has 190 valence electrons. The van der Waals surface area contributed by atoms with Gasteiger partial charge in [0.2, 0.25) is 0 Å². The smallest absolute Gasteiger partial charge is 0.870 e. The van der Waals surface area contributed by atoms with Crippen molar-refractivity contribution in [2.75, 3.05) is 12.4 Å². The third kappa shape index (κ3) is 6.13. The zero-order chi connectivity index (χ0) is 26.9. The van der Waals surface area contributed by atoms with Crippen LogP contribution in [-0.4, -0.2) is 26.0 Å². The van der Waals surface area contributed by atoms with E-state index in [0.717, 1.165) is 6.07 Å². The van der Waals surface area contributed by atoms with Crippen LogP contribution in [0.3, 0.4) is 0 Å². The fourth-order valence-electron chi connectivity index (χ4n) is 3.54. The molecule has 4 rings (SSSR count). The number of nitrogens with zero attached hydrogens (tertiary/aromatic N) is 2. The Morgan fingerprint density at radius 1 is 1.03 bits per heavy atom. The molecule has 0 aliphatic rings. The van der Waals surface area contributed by atoms with Gasteiger partial charge in [-0.2, -0.15) is 13.5 Å². The van der Waals surface area contributed by atoms with E-state index in [-0.39, 0.29) is 62.2 Å². The zero-order valence-corrected chi connectivity index (χ0v) is 24.6. The molecule has 0 saturated heterocycles. The van der Waals surface area contributed by atoms with Gasteiger partial charge < -0.3 is 15.2 Å². The summed E-state index contributed by atoms with van der Waals surface area (Å²) in [6, 6.07) is 15.2. The molecule has 0 saturated carbocycles. The van der Waals surface area contributed by atoms with Gasteiger partial charge in [0.15, 0.2) is 0 Å². The summed E-state index contributed by atoms with van der Waals surface area (Å²) >= 11 is 12.4. The summed E-state index contributed by atoms with van der Waals surface area (Å²) in [6.45, 7) is 1.61. The number of benzene rings is 4. The molecule has 4 aromatic carbocycles.